The van der Waals surface area contributed by atoms with Gasteiger partial charge in [-0.2, -0.15) is 5.26 Å². The molecule has 2 N–H and O–H groups in total. The van der Waals surface area contributed by atoms with Gasteiger partial charge in [-0.05, 0) is 11.6 Å². The molecule has 31 heavy (non-hydrogen) atoms. The summed E-state index contributed by atoms with van der Waals surface area (Å²) in [5, 5.41) is 19.0. The highest BCUT2D eigenvalue weighted by Gasteiger charge is 2.21. The van der Waals surface area contributed by atoms with Crippen molar-refractivity contribution in [1.29, 1.82) is 5.26 Å². The molecule has 1 aliphatic rings. The Bertz CT molecular complexity index is 1050. The number of pyridine rings is 1. The van der Waals surface area contributed by atoms with E-state index in [0.717, 1.165) is 11.4 Å². The first-order valence-corrected chi connectivity index (χ1v) is 9.43. The first-order chi connectivity index (χ1) is 15.2. The number of hydrogen-bond donors (Lipinski definition) is 2. The smallest absolute Gasteiger partial charge is 0.290 e. The highest BCUT2D eigenvalue weighted by Crippen LogP contribution is 2.18. The number of amides is 1. The zero-order chi connectivity index (χ0) is 22.1. The molecule has 11 heteroatoms. The van der Waals surface area contributed by atoms with Crippen LogP contribution in [0.1, 0.15) is 27.6 Å². The highest BCUT2D eigenvalue weighted by molar-refractivity contribution is 5.92. The van der Waals surface area contributed by atoms with E-state index in [1.165, 1.54) is 6.20 Å². The predicted octanol–water partition coefficient (Wildman–Crippen LogP) is 0.633. The number of carbonyl (C=O) groups excluding carboxylic acids is 1. The van der Waals surface area contributed by atoms with Gasteiger partial charge >= 0.3 is 0 Å². The second kappa shape index (κ2) is 10.4. The summed E-state index contributed by atoms with van der Waals surface area (Å²) in [7, 11) is 0. The number of nitrogens with zero attached hydrogens (tertiary/aromatic N) is 7. The van der Waals surface area contributed by atoms with Gasteiger partial charge in [0.25, 0.3) is 12.4 Å². The Morgan fingerprint density at radius 1 is 1.26 bits per heavy atom. The molecule has 158 valence electrons. The van der Waals surface area contributed by atoms with E-state index in [-0.39, 0.29) is 12.4 Å². The first kappa shape index (κ1) is 21.4. The van der Waals surface area contributed by atoms with Gasteiger partial charge in [-0.3, -0.25) is 14.6 Å². The van der Waals surface area contributed by atoms with Crippen molar-refractivity contribution >= 4 is 18.2 Å². The third-order valence-electron chi connectivity index (χ3n) is 4.57. The van der Waals surface area contributed by atoms with Crippen LogP contribution in [0, 0.1) is 11.3 Å². The maximum Gasteiger partial charge on any atom is 0.290 e. The molecule has 0 radical (unpaired) electrons. The van der Waals surface area contributed by atoms with Gasteiger partial charge in [0, 0.05) is 63.6 Å². The number of fused-ring (bicyclic) bond motifs is 1. The van der Waals surface area contributed by atoms with E-state index in [4.69, 9.17) is 9.90 Å². The monoisotopic (exact) mass is 420 g/mol. The standard InChI is InChI=1S/C19H18N8O.CH2O2/c20-10-15-18(23-6-5-22-15)26-7-3-17-25-16(13-27(17)9-8-26)19(28)24-12-14-2-1-4-21-11-14;2-1-3/h1-2,4-6,11,13H,3,7-9,12H2,(H,24,28);1H,(H,2,3). The number of nitrogens with one attached hydrogen (secondary N) is 1. The first-order valence-electron chi connectivity index (χ1n) is 9.43. The zero-order valence-corrected chi connectivity index (χ0v) is 16.5. The Morgan fingerprint density at radius 3 is 2.81 bits per heavy atom. The molecule has 0 bridgehead atoms. The van der Waals surface area contributed by atoms with Crippen LogP contribution < -0.4 is 10.2 Å². The highest BCUT2D eigenvalue weighted by atomic mass is 16.3. The third-order valence-corrected chi connectivity index (χ3v) is 4.57. The fourth-order valence-corrected chi connectivity index (χ4v) is 3.16. The number of aromatic nitrogens is 5. The van der Waals surface area contributed by atoms with Crippen LogP contribution in [0.3, 0.4) is 0 Å². The lowest BCUT2D eigenvalue weighted by atomic mass is 10.3. The lowest BCUT2D eigenvalue weighted by molar-refractivity contribution is -0.122. The Kier molecular flexibility index (Phi) is 7.21. The van der Waals surface area contributed by atoms with Crippen LogP contribution in [0.2, 0.25) is 0 Å². The number of carboxylic acid groups (broad SMARTS) is 1. The third kappa shape index (κ3) is 5.39. The molecule has 4 rings (SSSR count). The summed E-state index contributed by atoms with van der Waals surface area (Å²) in [5.74, 6) is 1.23. The van der Waals surface area contributed by atoms with Crippen molar-refractivity contribution in [2.24, 2.45) is 0 Å². The molecule has 0 atom stereocenters. The molecule has 0 spiro atoms. The molecule has 3 aromatic heterocycles. The van der Waals surface area contributed by atoms with Crippen molar-refractivity contribution in [3.05, 3.63) is 65.9 Å². The summed E-state index contributed by atoms with van der Waals surface area (Å²) in [6.45, 7) is 2.13. The van der Waals surface area contributed by atoms with Crippen molar-refractivity contribution in [3.63, 3.8) is 0 Å². The zero-order valence-electron chi connectivity index (χ0n) is 16.5. The van der Waals surface area contributed by atoms with E-state index in [1.54, 1.807) is 24.8 Å². The Hall–Kier alpha value is -4.33. The molecule has 4 heterocycles. The summed E-state index contributed by atoms with van der Waals surface area (Å²) in [6, 6.07) is 5.83. The summed E-state index contributed by atoms with van der Waals surface area (Å²) < 4.78 is 1.99. The number of rotatable bonds is 4. The minimum atomic E-state index is -0.250. The molecule has 3 aromatic rings. The van der Waals surface area contributed by atoms with Crippen molar-refractivity contribution in [2.45, 2.75) is 19.5 Å². The average Bonchev–Trinajstić information content (AvgIpc) is 3.12. The minimum absolute atomic E-state index is 0.207. The largest absolute Gasteiger partial charge is 0.483 e. The molecule has 1 aliphatic heterocycles. The quantitative estimate of drug-likeness (QED) is 0.579. The van der Waals surface area contributed by atoms with Gasteiger partial charge in [0.05, 0.1) is 0 Å². The van der Waals surface area contributed by atoms with Gasteiger partial charge in [0.15, 0.2) is 11.5 Å². The van der Waals surface area contributed by atoms with Crippen LogP contribution in [-0.4, -0.2) is 55.1 Å². The van der Waals surface area contributed by atoms with Crippen LogP contribution in [0.15, 0.2) is 43.1 Å². The van der Waals surface area contributed by atoms with Crippen molar-refractivity contribution < 1.29 is 14.7 Å². The number of imidazole rings is 1. The summed E-state index contributed by atoms with van der Waals surface area (Å²) in [5.41, 5.74) is 1.66. The van der Waals surface area contributed by atoms with Gasteiger partial charge in [0.2, 0.25) is 0 Å². The molecule has 11 nitrogen and oxygen atoms in total. The van der Waals surface area contributed by atoms with Crippen molar-refractivity contribution in [3.8, 4) is 6.07 Å². The van der Waals surface area contributed by atoms with E-state index in [0.29, 0.717) is 49.8 Å². The van der Waals surface area contributed by atoms with Gasteiger partial charge in [-0.15, -0.1) is 0 Å². The van der Waals surface area contributed by atoms with Crippen LogP contribution in [0.5, 0.6) is 0 Å². The minimum Gasteiger partial charge on any atom is -0.483 e. The molecule has 0 saturated carbocycles. The van der Waals surface area contributed by atoms with Gasteiger partial charge in [-0.1, -0.05) is 6.07 Å². The summed E-state index contributed by atoms with van der Waals surface area (Å²) in [6.07, 6.45) is 8.95. The van der Waals surface area contributed by atoms with Crippen molar-refractivity contribution in [1.82, 2.24) is 29.8 Å². The number of anilines is 1. The lowest BCUT2D eigenvalue weighted by Crippen LogP contribution is -2.28. The van der Waals surface area contributed by atoms with E-state index >= 15 is 0 Å². The van der Waals surface area contributed by atoms with Crippen LogP contribution in [0.25, 0.3) is 0 Å². The molecule has 0 unspecified atom stereocenters. The van der Waals surface area contributed by atoms with Gasteiger partial charge in [-0.25, -0.2) is 15.0 Å². The Morgan fingerprint density at radius 2 is 2.06 bits per heavy atom. The predicted molar refractivity (Wildman–Crippen MR) is 109 cm³/mol. The topological polar surface area (TPSA) is 150 Å². The lowest BCUT2D eigenvalue weighted by Gasteiger charge is -2.21. The van der Waals surface area contributed by atoms with Crippen LogP contribution in [0.4, 0.5) is 5.82 Å². The normalized spacial score (nSPS) is 12.4. The molecule has 0 fully saturated rings. The molecule has 1 amide bonds. The van der Waals surface area contributed by atoms with Gasteiger partial charge in [0.1, 0.15) is 17.6 Å². The number of hydrogen-bond acceptors (Lipinski definition) is 8. The number of carbonyl (C=O) groups is 2. The van der Waals surface area contributed by atoms with E-state index < -0.39 is 0 Å². The fraction of sp³-hybridized carbons (Fsp3) is 0.250. The summed E-state index contributed by atoms with van der Waals surface area (Å²) in [4.78, 5) is 39.7. The number of nitriles is 1. The van der Waals surface area contributed by atoms with E-state index in [1.807, 2.05) is 21.6 Å². The van der Waals surface area contributed by atoms with E-state index in [9.17, 15) is 10.1 Å². The molecule has 0 saturated heterocycles. The molecular formula is C20H20N8O3. The summed E-state index contributed by atoms with van der Waals surface area (Å²) >= 11 is 0. The average molecular weight is 420 g/mol. The second-order valence-electron chi connectivity index (χ2n) is 6.46. The van der Waals surface area contributed by atoms with Gasteiger partial charge < -0.3 is 19.9 Å². The maximum atomic E-state index is 12.4. The Labute approximate surface area is 178 Å². The molecule has 0 aromatic carbocycles. The van der Waals surface area contributed by atoms with Crippen LogP contribution in [-0.2, 0) is 24.3 Å². The Balaban J connectivity index is 0.000000858. The molecular weight excluding hydrogens is 400 g/mol. The maximum absolute atomic E-state index is 12.4. The molecule has 0 aliphatic carbocycles. The van der Waals surface area contributed by atoms with Crippen LogP contribution >= 0.6 is 0 Å². The van der Waals surface area contributed by atoms with Crippen molar-refractivity contribution in [2.75, 3.05) is 18.0 Å². The SMILES string of the molecule is N#Cc1nccnc1N1CCc2nc(C(=O)NCc3cccnc3)cn2CC1.O=CO. The van der Waals surface area contributed by atoms with E-state index in [2.05, 4.69) is 31.3 Å². The second-order valence-corrected chi connectivity index (χ2v) is 6.46. The fourth-order valence-electron chi connectivity index (χ4n) is 3.16.